The Labute approximate surface area is 59.7 Å². The molecule has 1 aromatic carbocycles. The fourth-order valence-corrected chi connectivity index (χ4v) is 0.693. The lowest BCUT2D eigenvalue weighted by atomic mass is 10.1. The van der Waals surface area contributed by atoms with Crippen molar-refractivity contribution in [3.05, 3.63) is 42.3 Å². The van der Waals surface area contributed by atoms with Gasteiger partial charge in [-0.3, -0.25) is 0 Å². The highest BCUT2D eigenvalue weighted by molar-refractivity contribution is 5.41. The van der Waals surface area contributed by atoms with Crippen molar-refractivity contribution in [1.29, 1.82) is 0 Å². The molecule has 0 aliphatic heterocycles. The second-order valence-electron chi connectivity index (χ2n) is 1.88. The third-order valence-electron chi connectivity index (χ3n) is 1.20. The largest absolute Gasteiger partial charge is 0.144 e. The summed E-state index contributed by atoms with van der Waals surface area (Å²) in [6, 6.07) is 7.16. The van der Waals surface area contributed by atoms with Crippen LogP contribution < -0.4 is 0 Å². The Morgan fingerprint density at radius 1 is 1.30 bits per heavy atom. The first-order chi connectivity index (χ1) is 4.84. The van der Waals surface area contributed by atoms with E-state index >= 15 is 0 Å². The van der Waals surface area contributed by atoms with E-state index in [1.165, 1.54) is 6.17 Å². The summed E-state index contributed by atoms with van der Waals surface area (Å²) in [6.07, 6.45) is 1.33. The number of hydrogen-bond acceptors (Lipinski definition) is 0. The van der Waals surface area contributed by atoms with Crippen molar-refractivity contribution < 1.29 is 4.39 Å². The van der Waals surface area contributed by atoms with E-state index in [1.807, 2.05) is 6.07 Å². The zero-order valence-corrected chi connectivity index (χ0v) is 5.39. The maximum Gasteiger partial charge on any atom is 0.111 e. The first-order valence-corrected chi connectivity index (χ1v) is 2.87. The summed E-state index contributed by atoms with van der Waals surface area (Å²) in [4.78, 5) is 0. The molecule has 0 saturated carbocycles. The molecule has 1 rings (SSSR count). The van der Waals surface area contributed by atoms with Crippen LogP contribution in [0.15, 0.2) is 24.3 Å². The van der Waals surface area contributed by atoms with Gasteiger partial charge in [0.15, 0.2) is 0 Å². The Morgan fingerprint density at radius 3 is 2.60 bits per heavy atom. The van der Waals surface area contributed by atoms with Crippen LogP contribution in [0.4, 0.5) is 4.39 Å². The normalized spacial score (nSPS) is 8.20. The van der Waals surface area contributed by atoms with Crippen LogP contribution in [-0.2, 0) is 0 Å². The Hall–Kier alpha value is -1.29. The minimum atomic E-state index is 0.644. The van der Waals surface area contributed by atoms with Gasteiger partial charge in [-0.15, -0.1) is 4.39 Å². The Bertz CT molecular complexity index is 278. The van der Waals surface area contributed by atoms with Crippen molar-refractivity contribution >= 4 is 0 Å². The van der Waals surface area contributed by atoms with Gasteiger partial charge in [0.25, 0.3) is 0 Å². The number of benzene rings is 1. The van der Waals surface area contributed by atoms with Crippen LogP contribution in [0.1, 0.15) is 11.1 Å². The highest BCUT2D eigenvalue weighted by Gasteiger charge is 1.89. The molecule has 0 fully saturated rings. The highest BCUT2D eigenvalue weighted by atomic mass is 19.1. The molecular weight excluding hydrogens is 127 g/mol. The monoisotopic (exact) mass is 133 g/mol. The second-order valence-corrected chi connectivity index (χ2v) is 1.88. The van der Waals surface area contributed by atoms with E-state index in [0.717, 1.165) is 5.56 Å². The highest BCUT2D eigenvalue weighted by Crippen LogP contribution is 2.03. The van der Waals surface area contributed by atoms with Gasteiger partial charge in [-0.25, -0.2) is 0 Å². The number of halogens is 1. The van der Waals surface area contributed by atoms with Crippen LogP contribution in [0.2, 0.25) is 0 Å². The molecule has 49 valence electrons. The molecule has 0 aromatic heterocycles. The van der Waals surface area contributed by atoms with Gasteiger partial charge in [0.1, 0.15) is 6.17 Å². The van der Waals surface area contributed by atoms with Crippen LogP contribution in [0.25, 0.3) is 0 Å². The third-order valence-corrected chi connectivity index (χ3v) is 1.20. The van der Waals surface area contributed by atoms with Crippen molar-refractivity contribution in [2.24, 2.45) is 0 Å². The van der Waals surface area contributed by atoms with E-state index in [4.69, 9.17) is 0 Å². The van der Waals surface area contributed by atoms with Crippen molar-refractivity contribution in [3.8, 4) is 12.1 Å². The molecule has 10 heavy (non-hydrogen) atoms. The lowest BCUT2D eigenvalue weighted by Gasteiger charge is -1.92. The van der Waals surface area contributed by atoms with Crippen LogP contribution in [0.5, 0.6) is 0 Å². The molecule has 0 aliphatic carbocycles. The minimum absolute atomic E-state index is 0.644. The zero-order chi connectivity index (χ0) is 7.40. The summed E-state index contributed by atoms with van der Waals surface area (Å²) in [5.74, 6) is 2.30. The smallest absolute Gasteiger partial charge is 0.111 e. The molecule has 0 atom stereocenters. The first kappa shape index (κ1) is 6.82. The molecule has 0 spiro atoms. The van der Waals surface area contributed by atoms with E-state index < -0.39 is 0 Å². The van der Waals surface area contributed by atoms with Gasteiger partial charge in [-0.1, -0.05) is 18.2 Å². The second kappa shape index (κ2) is 3.03. The predicted octanol–water partition coefficient (Wildman–Crippen LogP) is 2.15. The van der Waals surface area contributed by atoms with Crippen LogP contribution >= 0.6 is 0 Å². The van der Waals surface area contributed by atoms with Crippen LogP contribution in [-0.4, -0.2) is 0 Å². The topological polar surface area (TPSA) is 0 Å². The average Bonchev–Trinajstić information content (AvgIpc) is 1.94. The maximum absolute atomic E-state index is 11.5. The standard InChI is InChI=1S/C9H6F/c1-8-4-2-3-5-9(8)6-7-10/h2-5H,1H2. The van der Waals surface area contributed by atoms with Crippen molar-refractivity contribution in [3.63, 3.8) is 0 Å². The fourth-order valence-electron chi connectivity index (χ4n) is 0.693. The van der Waals surface area contributed by atoms with Gasteiger partial charge in [0.05, 0.1) is 0 Å². The quantitative estimate of drug-likeness (QED) is 0.476. The summed E-state index contributed by atoms with van der Waals surface area (Å²) >= 11 is 0. The molecule has 0 nitrogen and oxygen atoms in total. The van der Waals surface area contributed by atoms with Crippen molar-refractivity contribution in [2.45, 2.75) is 0 Å². The summed E-state index contributed by atoms with van der Waals surface area (Å²) in [5, 5.41) is 0. The molecule has 0 bridgehead atoms. The van der Waals surface area contributed by atoms with Gasteiger partial charge in [0, 0.05) is 5.56 Å². The molecule has 1 heteroatoms. The average molecular weight is 133 g/mol. The van der Waals surface area contributed by atoms with Crippen molar-refractivity contribution in [1.82, 2.24) is 0 Å². The van der Waals surface area contributed by atoms with Gasteiger partial charge in [-0.05, 0) is 24.5 Å². The van der Waals surface area contributed by atoms with E-state index in [1.54, 1.807) is 18.2 Å². The molecule has 1 aromatic rings. The Kier molecular flexibility index (Phi) is 2.07. The lowest BCUT2D eigenvalue weighted by molar-refractivity contribution is 0.773. The maximum atomic E-state index is 11.5. The molecular formula is C9H6F. The van der Waals surface area contributed by atoms with Gasteiger partial charge >= 0.3 is 0 Å². The molecule has 0 amide bonds. The van der Waals surface area contributed by atoms with Crippen LogP contribution in [0.3, 0.4) is 0 Å². The van der Waals surface area contributed by atoms with E-state index in [2.05, 4.69) is 12.8 Å². The SMILES string of the molecule is [CH2]c1ccccc1C#CF. The number of rotatable bonds is 0. The summed E-state index contributed by atoms with van der Waals surface area (Å²) in [6.45, 7) is 3.67. The fraction of sp³-hybridized carbons (Fsp3) is 0. The Morgan fingerprint density at radius 2 is 2.00 bits per heavy atom. The third kappa shape index (κ3) is 1.35. The van der Waals surface area contributed by atoms with Gasteiger partial charge in [-0.2, -0.15) is 0 Å². The molecule has 0 unspecified atom stereocenters. The molecule has 0 aliphatic rings. The molecule has 1 radical (unpaired) electrons. The van der Waals surface area contributed by atoms with E-state index in [-0.39, 0.29) is 0 Å². The van der Waals surface area contributed by atoms with E-state index in [9.17, 15) is 4.39 Å². The Balaban J connectivity index is 3.11. The van der Waals surface area contributed by atoms with Crippen LogP contribution in [0, 0.1) is 19.0 Å². The van der Waals surface area contributed by atoms with Gasteiger partial charge < -0.3 is 0 Å². The minimum Gasteiger partial charge on any atom is -0.144 e. The zero-order valence-electron chi connectivity index (χ0n) is 5.39. The summed E-state index contributed by atoms with van der Waals surface area (Å²) in [7, 11) is 0. The van der Waals surface area contributed by atoms with Gasteiger partial charge in [0.2, 0.25) is 0 Å². The summed E-state index contributed by atoms with van der Waals surface area (Å²) < 4.78 is 11.5. The number of hydrogen-bond donors (Lipinski definition) is 0. The molecule has 0 heterocycles. The van der Waals surface area contributed by atoms with Crippen molar-refractivity contribution in [2.75, 3.05) is 0 Å². The summed E-state index contributed by atoms with van der Waals surface area (Å²) in [5.41, 5.74) is 1.40. The lowest BCUT2D eigenvalue weighted by Crippen LogP contribution is -1.78. The first-order valence-electron chi connectivity index (χ1n) is 2.87. The predicted molar refractivity (Wildman–Crippen MR) is 38.9 cm³/mol. The van der Waals surface area contributed by atoms with E-state index in [0.29, 0.717) is 5.56 Å². The molecule has 0 saturated heterocycles. The molecule has 0 N–H and O–H groups in total.